The number of halogens is 1. The molecule has 0 aromatic heterocycles. The van der Waals surface area contributed by atoms with Crippen molar-refractivity contribution in [1.82, 2.24) is 0 Å². The zero-order valence-corrected chi connectivity index (χ0v) is 10.5. The van der Waals surface area contributed by atoms with Gasteiger partial charge in [0.25, 0.3) is 11.7 Å². The quantitative estimate of drug-likeness (QED) is 0.786. The molecule has 0 aliphatic carbocycles. The van der Waals surface area contributed by atoms with Crippen LogP contribution in [0.2, 0.25) is 0 Å². The molecule has 0 saturated heterocycles. The number of nitrogens with two attached hydrogens (primary N) is 1. The molecular formula is C11H11BrN2O3. The van der Waals surface area contributed by atoms with Crippen LogP contribution in [0.25, 0.3) is 0 Å². The lowest BCUT2D eigenvalue weighted by Gasteiger charge is -2.19. The third-order valence-corrected chi connectivity index (χ3v) is 3.09. The summed E-state index contributed by atoms with van der Waals surface area (Å²) in [6.45, 7) is 0.0752. The van der Waals surface area contributed by atoms with E-state index in [0.717, 1.165) is 4.47 Å². The highest BCUT2D eigenvalue weighted by molar-refractivity contribution is 9.10. The Kier molecular flexibility index (Phi) is 3.28. The van der Waals surface area contributed by atoms with Crippen LogP contribution in [0.4, 0.5) is 5.69 Å². The van der Waals surface area contributed by atoms with Gasteiger partial charge in [-0.1, -0.05) is 15.9 Å². The van der Waals surface area contributed by atoms with Crippen LogP contribution in [-0.4, -0.2) is 36.0 Å². The molecule has 1 aromatic carbocycles. The molecule has 1 atom stereocenters. The van der Waals surface area contributed by atoms with Crippen molar-refractivity contribution in [3.63, 3.8) is 0 Å². The summed E-state index contributed by atoms with van der Waals surface area (Å²) in [7, 11) is 0. The van der Waals surface area contributed by atoms with Crippen LogP contribution < -0.4 is 10.6 Å². The lowest BCUT2D eigenvalue weighted by molar-refractivity contribution is -0.114. The maximum Gasteiger partial charge on any atom is 0.299 e. The van der Waals surface area contributed by atoms with Gasteiger partial charge in [0.1, 0.15) is 0 Å². The van der Waals surface area contributed by atoms with Gasteiger partial charge in [0.15, 0.2) is 0 Å². The van der Waals surface area contributed by atoms with Gasteiger partial charge in [-0.15, -0.1) is 0 Å². The molecule has 0 fully saturated rings. The summed E-state index contributed by atoms with van der Waals surface area (Å²) >= 11 is 3.28. The third kappa shape index (κ3) is 2.11. The minimum atomic E-state index is -0.836. The number of aliphatic hydroxyl groups excluding tert-OH is 1. The summed E-state index contributed by atoms with van der Waals surface area (Å²) in [6.07, 6.45) is -0.836. The number of rotatable bonds is 3. The topological polar surface area (TPSA) is 83.6 Å². The zero-order chi connectivity index (χ0) is 12.6. The lowest BCUT2D eigenvalue weighted by Crippen LogP contribution is -2.39. The second-order valence-electron chi connectivity index (χ2n) is 3.80. The Bertz CT molecular complexity index is 490. The van der Waals surface area contributed by atoms with Crippen LogP contribution in [0.5, 0.6) is 0 Å². The minimum absolute atomic E-state index is 0.0323. The summed E-state index contributed by atoms with van der Waals surface area (Å²) in [6, 6.07) is 4.97. The van der Waals surface area contributed by atoms with Crippen molar-refractivity contribution >= 4 is 33.3 Å². The Morgan fingerprint density at radius 2 is 2.12 bits per heavy atom. The fourth-order valence-electron chi connectivity index (χ4n) is 1.73. The van der Waals surface area contributed by atoms with Gasteiger partial charge in [0, 0.05) is 11.0 Å². The second-order valence-corrected chi connectivity index (χ2v) is 4.71. The Morgan fingerprint density at radius 1 is 1.41 bits per heavy atom. The van der Waals surface area contributed by atoms with Crippen molar-refractivity contribution in [2.75, 3.05) is 18.0 Å². The number of amides is 1. The highest BCUT2D eigenvalue weighted by Crippen LogP contribution is 2.31. The standard InChI is InChI=1S/C11H11BrN2O3/c12-6-1-2-8-9(3-6)14(5-7(15)4-13)11(17)10(8)16/h1-3,7,15H,4-5,13H2/t7-/m0/s1. The molecule has 6 heteroatoms. The van der Waals surface area contributed by atoms with E-state index in [1.54, 1.807) is 18.2 Å². The summed E-state index contributed by atoms with van der Waals surface area (Å²) in [5, 5.41) is 9.48. The number of anilines is 1. The van der Waals surface area contributed by atoms with Crippen molar-refractivity contribution < 1.29 is 14.7 Å². The monoisotopic (exact) mass is 298 g/mol. The molecule has 0 saturated carbocycles. The van der Waals surface area contributed by atoms with E-state index in [0.29, 0.717) is 11.3 Å². The van der Waals surface area contributed by atoms with Crippen molar-refractivity contribution in [2.45, 2.75) is 6.10 Å². The number of fused-ring (bicyclic) bond motifs is 1. The van der Waals surface area contributed by atoms with Gasteiger partial charge in [0.05, 0.1) is 23.9 Å². The smallest absolute Gasteiger partial charge is 0.299 e. The summed E-state index contributed by atoms with van der Waals surface area (Å²) < 4.78 is 0.769. The normalized spacial score (nSPS) is 16.3. The van der Waals surface area contributed by atoms with Crippen LogP contribution >= 0.6 is 15.9 Å². The fraction of sp³-hybridized carbons (Fsp3) is 0.273. The van der Waals surface area contributed by atoms with Crippen molar-refractivity contribution in [2.24, 2.45) is 5.73 Å². The van der Waals surface area contributed by atoms with E-state index < -0.39 is 17.8 Å². The molecule has 1 aliphatic rings. The molecule has 0 bridgehead atoms. The predicted octanol–water partition coefficient (Wildman–Crippen LogP) is 0.298. The third-order valence-electron chi connectivity index (χ3n) is 2.60. The molecular weight excluding hydrogens is 288 g/mol. The maximum absolute atomic E-state index is 11.7. The number of hydrogen-bond donors (Lipinski definition) is 2. The Hall–Kier alpha value is -1.24. The summed E-state index contributed by atoms with van der Waals surface area (Å²) in [4.78, 5) is 24.7. The highest BCUT2D eigenvalue weighted by atomic mass is 79.9. The van der Waals surface area contributed by atoms with Gasteiger partial charge < -0.3 is 15.7 Å². The number of Topliss-reactive ketones (excluding diaryl/α,β-unsaturated/α-hetero) is 1. The molecule has 3 N–H and O–H groups in total. The molecule has 1 aromatic rings. The number of nitrogens with zero attached hydrogens (tertiary/aromatic N) is 1. The zero-order valence-electron chi connectivity index (χ0n) is 8.89. The van der Waals surface area contributed by atoms with Gasteiger partial charge in [-0.25, -0.2) is 0 Å². The first-order valence-electron chi connectivity index (χ1n) is 5.08. The van der Waals surface area contributed by atoms with Crippen LogP contribution in [0.3, 0.4) is 0 Å². The van der Waals surface area contributed by atoms with Crippen LogP contribution in [0.1, 0.15) is 10.4 Å². The predicted molar refractivity (Wildman–Crippen MR) is 65.9 cm³/mol. The van der Waals surface area contributed by atoms with E-state index in [2.05, 4.69) is 15.9 Å². The minimum Gasteiger partial charge on any atom is -0.390 e. The van der Waals surface area contributed by atoms with Crippen LogP contribution in [0, 0.1) is 0 Å². The fourth-order valence-corrected chi connectivity index (χ4v) is 2.08. The number of hydrogen-bond acceptors (Lipinski definition) is 4. The van der Waals surface area contributed by atoms with E-state index in [9.17, 15) is 14.7 Å². The Labute approximate surface area is 106 Å². The Balaban J connectivity index is 2.39. The van der Waals surface area contributed by atoms with E-state index in [-0.39, 0.29) is 13.1 Å². The van der Waals surface area contributed by atoms with Crippen molar-refractivity contribution in [3.8, 4) is 0 Å². The first-order valence-corrected chi connectivity index (χ1v) is 5.87. The first-order chi connectivity index (χ1) is 8.04. The van der Waals surface area contributed by atoms with Gasteiger partial charge in [0.2, 0.25) is 0 Å². The number of benzene rings is 1. The number of ketones is 1. The molecule has 0 unspecified atom stereocenters. The van der Waals surface area contributed by atoms with Crippen molar-refractivity contribution in [1.29, 1.82) is 0 Å². The number of aliphatic hydroxyl groups is 1. The van der Waals surface area contributed by atoms with Gasteiger partial charge >= 0.3 is 0 Å². The number of carbonyl (C=O) groups excluding carboxylic acids is 2. The molecule has 90 valence electrons. The molecule has 2 rings (SSSR count). The molecule has 17 heavy (non-hydrogen) atoms. The van der Waals surface area contributed by atoms with E-state index in [1.165, 1.54) is 4.90 Å². The molecule has 0 spiro atoms. The largest absolute Gasteiger partial charge is 0.390 e. The SMILES string of the molecule is NC[C@H](O)CN1C(=O)C(=O)c2ccc(Br)cc21. The maximum atomic E-state index is 11.7. The van der Waals surface area contributed by atoms with Crippen molar-refractivity contribution in [3.05, 3.63) is 28.2 Å². The van der Waals surface area contributed by atoms with E-state index >= 15 is 0 Å². The van der Waals surface area contributed by atoms with Gasteiger partial charge in [-0.2, -0.15) is 0 Å². The summed E-state index contributed by atoms with van der Waals surface area (Å²) in [5.74, 6) is -1.16. The Morgan fingerprint density at radius 3 is 2.76 bits per heavy atom. The molecule has 1 aliphatic heterocycles. The summed E-state index contributed by atoms with van der Waals surface area (Å²) in [5.41, 5.74) is 6.18. The number of β-amino-alcohol motifs (C(OH)–C–C–N with tert-alkyl or cyclic N) is 1. The molecule has 1 amide bonds. The lowest BCUT2D eigenvalue weighted by atomic mass is 10.1. The van der Waals surface area contributed by atoms with Gasteiger partial charge in [-0.05, 0) is 18.2 Å². The van der Waals surface area contributed by atoms with Crippen LogP contribution in [-0.2, 0) is 4.79 Å². The molecule has 1 heterocycles. The van der Waals surface area contributed by atoms with Crippen LogP contribution in [0.15, 0.2) is 22.7 Å². The molecule has 0 radical (unpaired) electrons. The average molecular weight is 299 g/mol. The average Bonchev–Trinajstić information content (AvgIpc) is 2.54. The molecule has 5 nitrogen and oxygen atoms in total. The first kappa shape index (κ1) is 12.2. The number of carbonyl (C=O) groups is 2. The highest BCUT2D eigenvalue weighted by Gasteiger charge is 2.36. The second kappa shape index (κ2) is 4.56. The van der Waals surface area contributed by atoms with Gasteiger partial charge in [-0.3, -0.25) is 9.59 Å². The van der Waals surface area contributed by atoms with E-state index in [1.807, 2.05) is 0 Å². The van der Waals surface area contributed by atoms with E-state index in [4.69, 9.17) is 5.73 Å².